The number of nitrogens with one attached hydrogen (secondary N) is 6. The fraction of sp³-hybridized carbons (Fsp3) is 0.662. The maximum Gasteiger partial charge on any atom is 0.373 e. The van der Waals surface area contributed by atoms with Gasteiger partial charge >= 0.3 is 48.1 Å². The fourth-order valence-electron chi connectivity index (χ4n) is 10.4. The number of hydrogen-bond donors (Lipinski definition) is 14. The second kappa shape index (κ2) is 64.4. The number of carboxylic acid groups (broad SMARTS) is 5. The molecule has 1 fully saturated rings. The van der Waals surface area contributed by atoms with Gasteiger partial charge in [-0.2, -0.15) is 9.59 Å². The van der Waals surface area contributed by atoms with Crippen LogP contribution in [0.2, 0.25) is 0 Å². The summed E-state index contributed by atoms with van der Waals surface area (Å²) in [4.78, 5) is 229. The van der Waals surface area contributed by atoms with Gasteiger partial charge in [-0.3, -0.25) is 87.6 Å². The number of benzene rings is 1. The van der Waals surface area contributed by atoms with Crippen molar-refractivity contribution < 1.29 is 137 Å². The number of likely N-dealkylation sites (tertiary alicyclic amines) is 1. The molecule has 2 rings (SSSR count). The predicted octanol–water partition coefficient (Wildman–Crippen LogP) is 5.54. The van der Waals surface area contributed by atoms with Crippen molar-refractivity contribution >= 4 is 124 Å². The van der Waals surface area contributed by atoms with Crippen molar-refractivity contribution in [1.29, 1.82) is 0 Å². The zero-order chi connectivity index (χ0) is 85.1. The lowest BCUT2D eigenvalue weighted by Crippen LogP contribution is -2.48. The van der Waals surface area contributed by atoms with Gasteiger partial charge in [0, 0.05) is 136 Å². The van der Waals surface area contributed by atoms with Crippen LogP contribution in [0.1, 0.15) is 239 Å². The predicted molar refractivity (Wildman–Crippen MR) is 404 cm³/mol. The number of thioether (sulfide) groups is 1. The first kappa shape index (κ1) is 107. The molecular weight excluding hydrogens is 1510 g/mol. The first-order valence-corrected chi connectivity index (χ1v) is 38.3. The summed E-state index contributed by atoms with van der Waals surface area (Å²) in [7, 11) is 0. The van der Waals surface area contributed by atoms with Crippen LogP contribution in [-0.4, -0.2) is 242 Å². The van der Waals surface area contributed by atoms with Gasteiger partial charge in [-0.05, 0) is 81.8 Å². The first-order chi connectivity index (χ1) is 53.0. The number of imide groups is 1. The van der Waals surface area contributed by atoms with Crippen LogP contribution in [0.4, 0.5) is 9.59 Å². The van der Waals surface area contributed by atoms with E-state index in [0.717, 1.165) is 80.5 Å². The van der Waals surface area contributed by atoms with Crippen molar-refractivity contribution in [2.75, 3.05) is 45.0 Å². The molecule has 1 unspecified atom stereocenters. The number of carbonyl (C=O) groups excluding carboxylic acids is 15. The van der Waals surface area contributed by atoms with E-state index in [9.17, 15) is 117 Å². The Balaban J connectivity index is -0.00000158. The number of amides is 11. The van der Waals surface area contributed by atoms with Crippen LogP contribution in [0, 0.1) is 5.92 Å². The normalized spacial score (nSPS) is 12.8. The topological polar surface area (TPSA) is 588 Å². The monoisotopic (exact) mass is 1630 g/mol. The maximum absolute atomic E-state index is 12.8. The zero-order valence-corrected chi connectivity index (χ0v) is 65.3. The van der Waals surface area contributed by atoms with Crippen molar-refractivity contribution in [1.82, 2.24) is 52.0 Å². The van der Waals surface area contributed by atoms with E-state index in [0.29, 0.717) is 92.5 Å². The van der Waals surface area contributed by atoms with Gasteiger partial charge in [-0.1, -0.05) is 91.0 Å². The van der Waals surface area contributed by atoms with Gasteiger partial charge in [0.15, 0.2) is 5.78 Å². The molecule has 5 atom stereocenters. The number of hydroxylamine groups is 6. The van der Waals surface area contributed by atoms with Crippen LogP contribution in [0.25, 0.3) is 0 Å². The Morgan fingerprint density at radius 2 is 1.00 bits per heavy atom. The number of aliphatic carboxylic acids is 5. The molecule has 1 heterocycles. The molecule has 38 nitrogen and oxygen atoms in total. The van der Waals surface area contributed by atoms with Gasteiger partial charge in [0.05, 0.1) is 30.1 Å². The van der Waals surface area contributed by atoms with E-state index in [-0.39, 0.29) is 133 Å². The number of Topliss-reactive ketones (excluding diaryl/α,β-unsaturated/α-hetero) is 4. The number of unbranched alkanes of at least 4 members (excludes halogenated alkanes) is 9. The average Bonchev–Trinajstić information content (AvgIpc) is 1.70. The number of carboxylic acids is 5. The summed E-state index contributed by atoms with van der Waals surface area (Å²) in [6.45, 7) is 9.85. The molecule has 0 aliphatic carbocycles. The van der Waals surface area contributed by atoms with Gasteiger partial charge in [-0.25, -0.2) is 34.4 Å². The van der Waals surface area contributed by atoms with Crippen LogP contribution in [0.5, 0.6) is 0 Å². The molecule has 1 aliphatic heterocycles. The second-order valence-corrected chi connectivity index (χ2v) is 27.3. The zero-order valence-electron chi connectivity index (χ0n) is 64.5. The van der Waals surface area contributed by atoms with Crippen LogP contribution in [0.15, 0.2) is 24.3 Å². The van der Waals surface area contributed by atoms with E-state index >= 15 is 0 Å². The molecule has 0 aromatic heterocycles. The second-order valence-electron chi connectivity index (χ2n) is 26.1. The van der Waals surface area contributed by atoms with Crippen molar-refractivity contribution in [3.05, 3.63) is 35.4 Å². The summed E-state index contributed by atoms with van der Waals surface area (Å²) in [5, 5.41) is 89.9. The molecule has 14 N–H and O–H groups in total. The van der Waals surface area contributed by atoms with Gasteiger partial charge < -0.3 is 57.4 Å². The van der Waals surface area contributed by atoms with Gasteiger partial charge in [0.25, 0.3) is 0 Å². The minimum Gasteiger partial charge on any atom is -0.481 e. The average molecular weight is 1630 g/mol. The third-order valence-electron chi connectivity index (χ3n) is 16.7. The molecule has 113 heavy (non-hydrogen) atoms. The highest BCUT2D eigenvalue weighted by atomic mass is 32.2. The summed E-state index contributed by atoms with van der Waals surface area (Å²) in [6.07, 6.45) is 10.1. The lowest BCUT2D eigenvalue weighted by molar-refractivity contribution is -0.192. The van der Waals surface area contributed by atoms with Crippen LogP contribution < -0.4 is 31.9 Å². The SMILES string of the molecule is C.CCCC(=O)CCN1C(=O)CC(SC[C@H](NC(=O)[C@H](CC(=O)O)CC(=O)[C@H](CC(=O)O)NC(C)=O)C(=O)O)C1=O.CCCCCN(O)C(=O)CCC(=O)CCCCCCN(O)C(=O)CCC(=O)CCCCCCN(O)C(C)=O.CCc1ccc(CNC(=O)NCCCC[C@H](NC(=O)NCCCC(=O)O)C(=O)O)cc1.O=C=O. The highest BCUT2D eigenvalue weighted by molar-refractivity contribution is 8.00. The minimum absolute atomic E-state index is 0. The molecule has 1 aliphatic rings. The molecule has 39 heteroatoms. The Morgan fingerprint density at radius 1 is 0.504 bits per heavy atom. The number of carbonyl (C=O) groups is 18. The van der Waals surface area contributed by atoms with Crippen LogP contribution in [-0.2, 0) is 99.3 Å². The fourth-order valence-corrected chi connectivity index (χ4v) is 11.5. The molecule has 0 spiro atoms. The Hall–Kier alpha value is -10.1. The molecule has 1 aromatic rings. The third kappa shape index (κ3) is 55.1. The smallest absolute Gasteiger partial charge is 0.373 e. The molecule has 0 radical (unpaired) electrons. The van der Waals surface area contributed by atoms with Crippen molar-refractivity contribution in [3.63, 3.8) is 0 Å². The van der Waals surface area contributed by atoms with Gasteiger partial charge in [-0.15, -0.1) is 11.8 Å². The molecule has 11 amide bonds. The third-order valence-corrected chi connectivity index (χ3v) is 18.0. The summed E-state index contributed by atoms with van der Waals surface area (Å²) >= 11 is 0.792. The Labute approximate surface area is 661 Å². The van der Waals surface area contributed by atoms with Crippen LogP contribution in [0.3, 0.4) is 0 Å². The standard InChI is InChI=1S/C27H49N3O8.C24H33N3O12S.C21H32N4O6.CO2.CH4/c1-3-4-11-21-29(37)26(34)18-16-25(33)15-10-6-8-13-22-30(38)27(35)19-17-24(32)14-9-5-7-12-20-28(36)23(2)31;1-3-4-14(29)5-6-27-19(31)10-18(23(27)37)40-11-16(24(38)39)26-22(36)13(8-20(32)33)7-17(30)15(9-21(34)35)25-12(2)28;1-2-15-8-10-16(11-9-15)14-24-20(30)22-12-4-3-6-17(19(28)29)25-21(31)23-13-5-7-18(26)27;2-1-3;/h36-38H,3-22H2,1-2H3;13,15-16,18H,3-11H2,1-2H3,(H,25,28)(H,26,36)(H,32,33)(H,34,35)(H,38,39);8-11,17H,2-7,12-14H2,1H3,(H,26,27)(H,28,29)(H2,22,24,30)(H2,23,25,31);;1H4/t;13-,15-,16-,18?;17-;;/m.00../s1. The summed E-state index contributed by atoms with van der Waals surface area (Å²) in [5.74, 6) is -13.9. The number of urea groups is 2. The van der Waals surface area contributed by atoms with E-state index in [1.54, 1.807) is 0 Å². The summed E-state index contributed by atoms with van der Waals surface area (Å²) in [6, 6.07) is 2.83. The number of ketones is 4. The quantitative estimate of drug-likeness (QED) is 0.0165. The maximum atomic E-state index is 12.8. The Morgan fingerprint density at radius 3 is 1.49 bits per heavy atom. The molecule has 1 aromatic carbocycles. The van der Waals surface area contributed by atoms with E-state index in [4.69, 9.17) is 19.8 Å². The van der Waals surface area contributed by atoms with E-state index in [1.165, 1.54) is 12.5 Å². The number of nitrogens with zero attached hydrogens (tertiary/aromatic N) is 4. The van der Waals surface area contributed by atoms with E-state index in [2.05, 4.69) is 38.8 Å². The lowest BCUT2D eigenvalue weighted by Gasteiger charge is -2.21. The molecule has 0 bridgehead atoms. The van der Waals surface area contributed by atoms with Gasteiger partial charge in [0.2, 0.25) is 41.4 Å². The minimum atomic E-state index is -1.63. The molecular formula is C74H118N10O28S. The molecule has 1 saturated heterocycles. The van der Waals surface area contributed by atoms with E-state index in [1.807, 2.05) is 38.1 Å². The van der Waals surface area contributed by atoms with Crippen molar-refractivity contribution in [2.24, 2.45) is 5.92 Å². The number of hydrogen-bond acceptors (Lipinski definition) is 24. The molecule has 638 valence electrons. The first-order valence-electron chi connectivity index (χ1n) is 37.3. The highest BCUT2D eigenvalue weighted by Crippen LogP contribution is 2.27. The van der Waals surface area contributed by atoms with E-state index < -0.39 is 132 Å². The summed E-state index contributed by atoms with van der Waals surface area (Å²) < 4.78 is 0. The molecule has 0 saturated carbocycles. The largest absolute Gasteiger partial charge is 0.481 e. The lowest BCUT2D eigenvalue weighted by atomic mass is 9.93. The van der Waals surface area contributed by atoms with Gasteiger partial charge in [0.1, 0.15) is 29.4 Å². The number of rotatable bonds is 57. The highest BCUT2D eigenvalue weighted by Gasteiger charge is 2.40. The summed E-state index contributed by atoms with van der Waals surface area (Å²) in [5.41, 5.74) is 2.24. The number of aryl methyl sites for hydroxylation is 1. The van der Waals surface area contributed by atoms with Crippen molar-refractivity contribution in [2.45, 2.75) is 265 Å². The Bertz CT molecular complexity index is 3210. The van der Waals surface area contributed by atoms with Crippen LogP contribution >= 0.6 is 11.8 Å². The Kier molecular flexibility index (Phi) is 61.0. The van der Waals surface area contributed by atoms with Crippen molar-refractivity contribution in [3.8, 4) is 0 Å².